The van der Waals surface area contributed by atoms with Crippen molar-refractivity contribution in [3.05, 3.63) is 71.0 Å². The van der Waals surface area contributed by atoms with Crippen molar-refractivity contribution in [1.82, 2.24) is 15.1 Å². The molecular weight excluding hydrogens is 357 g/mol. The zero-order chi connectivity index (χ0) is 20.1. The van der Waals surface area contributed by atoms with Crippen molar-refractivity contribution in [2.75, 3.05) is 26.2 Å². The van der Waals surface area contributed by atoms with E-state index in [0.717, 1.165) is 5.56 Å². The average Bonchev–Trinajstić information content (AvgIpc) is 2.73. The molecule has 1 aliphatic heterocycles. The fourth-order valence-corrected chi connectivity index (χ4v) is 3.30. The lowest BCUT2D eigenvalue weighted by molar-refractivity contribution is -0.126. The van der Waals surface area contributed by atoms with Gasteiger partial charge >= 0.3 is 0 Å². The molecule has 0 bridgehead atoms. The van der Waals surface area contributed by atoms with Gasteiger partial charge in [-0.1, -0.05) is 29.8 Å². The average molecular weight is 383 g/mol. The zero-order valence-corrected chi connectivity index (χ0v) is 16.3. The van der Waals surface area contributed by atoms with Crippen LogP contribution in [0, 0.1) is 12.7 Å². The minimum absolute atomic E-state index is 0.0149. The molecule has 6 heteroatoms. The van der Waals surface area contributed by atoms with Gasteiger partial charge in [0.2, 0.25) is 5.91 Å². The number of amides is 2. The summed E-state index contributed by atoms with van der Waals surface area (Å²) in [5.41, 5.74) is 2.75. The first-order chi connectivity index (χ1) is 13.4. The molecule has 0 aromatic heterocycles. The number of piperazine rings is 1. The molecule has 3 rings (SSSR count). The van der Waals surface area contributed by atoms with Gasteiger partial charge in [-0.3, -0.25) is 14.5 Å². The predicted molar refractivity (Wildman–Crippen MR) is 106 cm³/mol. The lowest BCUT2D eigenvalue weighted by Gasteiger charge is -2.37. The van der Waals surface area contributed by atoms with E-state index in [2.05, 4.69) is 10.2 Å². The number of benzene rings is 2. The summed E-state index contributed by atoms with van der Waals surface area (Å²) in [7, 11) is 0. The van der Waals surface area contributed by atoms with Crippen LogP contribution in [0.1, 0.15) is 28.4 Å². The van der Waals surface area contributed by atoms with Crippen LogP contribution in [0.15, 0.2) is 48.5 Å². The Bertz CT molecular complexity index is 813. The molecule has 2 aromatic carbocycles. The number of nitrogens with zero attached hydrogens (tertiary/aromatic N) is 2. The monoisotopic (exact) mass is 383 g/mol. The summed E-state index contributed by atoms with van der Waals surface area (Å²) < 4.78 is 13.0. The highest BCUT2D eigenvalue weighted by Gasteiger charge is 2.27. The van der Waals surface area contributed by atoms with E-state index in [4.69, 9.17) is 0 Å². The van der Waals surface area contributed by atoms with Crippen molar-refractivity contribution in [2.24, 2.45) is 0 Å². The normalized spacial score (nSPS) is 15.9. The molecule has 1 heterocycles. The van der Waals surface area contributed by atoms with E-state index in [1.54, 1.807) is 4.90 Å². The van der Waals surface area contributed by atoms with Crippen molar-refractivity contribution in [2.45, 2.75) is 26.4 Å². The summed E-state index contributed by atoms with van der Waals surface area (Å²) in [5, 5.41) is 2.98. The van der Waals surface area contributed by atoms with E-state index in [1.165, 1.54) is 29.8 Å². The van der Waals surface area contributed by atoms with Crippen molar-refractivity contribution in [1.29, 1.82) is 0 Å². The van der Waals surface area contributed by atoms with Gasteiger partial charge in [-0.05, 0) is 43.7 Å². The van der Waals surface area contributed by atoms with Gasteiger partial charge in [-0.2, -0.15) is 0 Å². The zero-order valence-electron chi connectivity index (χ0n) is 16.3. The highest BCUT2D eigenvalue weighted by atomic mass is 19.1. The van der Waals surface area contributed by atoms with Gasteiger partial charge in [0.1, 0.15) is 5.82 Å². The maximum absolute atomic E-state index is 13.0. The Hall–Kier alpha value is -2.73. The lowest BCUT2D eigenvalue weighted by Crippen LogP contribution is -2.54. The van der Waals surface area contributed by atoms with Gasteiger partial charge in [-0.25, -0.2) is 4.39 Å². The molecule has 1 atom stereocenters. The van der Waals surface area contributed by atoms with Crippen LogP contribution in [-0.4, -0.2) is 53.8 Å². The number of rotatable bonds is 5. The summed E-state index contributed by atoms with van der Waals surface area (Å²) in [5.74, 6) is -0.471. The molecular formula is C22H26FN3O2. The van der Waals surface area contributed by atoms with E-state index in [0.29, 0.717) is 38.3 Å². The fourth-order valence-electron chi connectivity index (χ4n) is 3.30. The molecule has 2 amide bonds. The molecule has 0 saturated carbocycles. The van der Waals surface area contributed by atoms with Crippen LogP contribution in [-0.2, 0) is 11.3 Å². The predicted octanol–water partition coefficient (Wildman–Crippen LogP) is 2.60. The Labute approximate surface area is 165 Å². The van der Waals surface area contributed by atoms with Crippen molar-refractivity contribution < 1.29 is 14.0 Å². The molecule has 1 N–H and O–H groups in total. The van der Waals surface area contributed by atoms with E-state index in [9.17, 15) is 14.0 Å². The standard InChI is InChI=1S/C22H26FN3O2/c1-16-3-5-18(6-4-16)15-24-21(27)17(2)25-11-13-26(14-12-25)22(28)19-7-9-20(23)10-8-19/h3-10,17H,11-15H2,1-2H3,(H,24,27)/t17-/m0/s1. The second kappa shape index (κ2) is 8.97. The largest absolute Gasteiger partial charge is 0.351 e. The molecule has 5 nitrogen and oxygen atoms in total. The van der Waals surface area contributed by atoms with Gasteiger partial charge in [-0.15, -0.1) is 0 Å². The molecule has 148 valence electrons. The van der Waals surface area contributed by atoms with Crippen LogP contribution in [0.25, 0.3) is 0 Å². The SMILES string of the molecule is Cc1ccc(CNC(=O)[C@H](C)N2CCN(C(=O)c3ccc(F)cc3)CC2)cc1. The van der Waals surface area contributed by atoms with Gasteiger partial charge in [0.25, 0.3) is 5.91 Å². The second-order valence-corrected chi connectivity index (χ2v) is 7.21. The van der Waals surface area contributed by atoms with Crippen LogP contribution in [0.3, 0.4) is 0 Å². The number of aryl methyl sites for hydroxylation is 1. The molecule has 1 saturated heterocycles. The van der Waals surface area contributed by atoms with Crippen LogP contribution < -0.4 is 5.32 Å². The minimum atomic E-state index is -0.355. The third-order valence-electron chi connectivity index (χ3n) is 5.21. The molecule has 28 heavy (non-hydrogen) atoms. The number of nitrogens with one attached hydrogen (secondary N) is 1. The highest BCUT2D eigenvalue weighted by Crippen LogP contribution is 2.12. The van der Waals surface area contributed by atoms with Gasteiger partial charge in [0.05, 0.1) is 6.04 Å². The highest BCUT2D eigenvalue weighted by molar-refractivity contribution is 5.94. The molecule has 1 aliphatic rings. The van der Waals surface area contributed by atoms with Gasteiger partial charge < -0.3 is 10.2 Å². The van der Waals surface area contributed by atoms with Crippen LogP contribution in [0.2, 0.25) is 0 Å². The van der Waals surface area contributed by atoms with E-state index < -0.39 is 0 Å². The van der Waals surface area contributed by atoms with Crippen molar-refractivity contribution in [3.63, 3.8) is 0 Å². The molecule has 0 aliphatic carbocycles. The maximum atomic E-state index is 13.0. The topological polar surface area (TPSA) is 52.7 Å². The van der Waals surface area contributed by atoms with Gasteiger partial charge in [0, 0.05) is 38.3 Å². The molecule has 1 fully saturated rings. The van der Waals surface area contributed by atoms with Crippen molar-refractivity contribution >= 4 is 11.8 Å². The molecule has 0 unspecified atom stereocenters. The summed E-state index contributed by atoms with van der Waals surface area (Å²) in [6, 6.07) is 13.4. The number of carbonyl (C=O) groups excluding carboxylic acids is 2. The smallest absolute Gasteiger partial charge is 0.253 e. The number of hydrogen-bond acceptors (Lipinski definition) is 3. The van der Waals surface area contributed by atoms with E-state index in [1.807, 2.05) is 38.1 Å². The van der Waals surface area contributed by atoms with Crippen molar-refractivity contribution in [3.8, 4) is 0 Å². The first kappa shape index (κ1) is 20.0. The summed E-state index contributed by atoms with van der Waals surface area (Å²) in [6.45, 7) is 6.79. The van der Waals surface area contributed by atoms with Crippen LogP contribution in [0.4, 0.5) is 4.39 Å². The Morgan fingerprint density at radius 3 is 2.21 bits per heavy atom. The molecule has 0 radical (unpaired) electrons. The van der Waals surface area contributed by atoms with Crippen LogP contribution in [0.5, 0.6) is 0 Å². The maximum Gasteiger partial charge on any atom is 0.253 e. The minimum Gasteiger partial charge on any atom is -0.351 e. The molecule has 0 spiro atoms. The van der Waals surface area contributed by atoms with Crippen LogP contribution >= 0.6 is 0 Å². The van der Waals surface area contributed by atoms with E-state index in [-0.39, 0.29) is 23.7 Å². The summed E-state index contributed by atoms with van der Waals surface area (Å²) in [4.78, 5) is 28.8. The number of hydrogen-bond donors (Lipinski definition) is 1. The lowest BCUT2D eigenvalue weighted by atomic mass is 10.1. The third-order valence-corrected chi connectivity index (χ3v) is 5.21. The number of carbonyl (C=O) groups is 2. The quantitative estimate of drug-likeness (QED) is 0.864. The summed E-state index contributed by atoms with van der Waals surface area (Å²) >= 11 is 0. The number of halogens is 1. The Morgan fingerprint density at radius 2 is 1.61 bits per heavy atom. The Balaban J connectivity index is 1.48. The third kappa shape index (κ3) is 4.95. The Kier molecular flexibility index (Phi) is 6.41. The first-order valence-corrected chi connectivity index (χ1v) is 9.56. The summed E-state index contributed by atoms with van der Waals surface area (Å²) in [6.07, 6.45) is 0. The molecule has 2 aromatic rings. The van der Waals surface area contributed by atoms with E-state index >= 15 is 0 Å². The fraction of sp³-hybridized carbons (Fsp3) is 0.364. The second-order valence-electron chi connectivity index (χ2n) is 7.21. The Morgan fingerprint density at radius 1 is 1.00 bits per heavy atom. The first-order valence-electron chi connectivity index (χ1n) is 9.56. The van der Waals surface area contributed by atoms with Gasteiger partial charge in [0.15, 0.2) is 0 Å².